The summed E-state index contributed by atoms with van der Waals surface area (Å²) in [4.78, 5) is 25.2. The molecule has 2 aromatic carbocycles. The maximum Gasteiger partial charge on any atom is 0.368 e. The molecule has 0 atom stereocenters. The molecule has 2 aliphatic heterocycles. The molecule has 7 heteroatoms. The molecule has 0 saturated heterocycles. The van der Waals surface area contributed by atoms with Gasteiger partial charge in [0, 0.05) is 23.5 Å². The Morgan fingerprint density at radius 2 is 1.61 bits per heavy atom. The van der Waals surface area contributed by atoms with Crippen molar-refractivity contribution in [2.75, 3.05) is 6.79 Å². The lowest BCUT2D eigenvalue weighted by Gasteiger charge is -2.04. The molecule has 5 rings (SSSR count). The highest BCUT2D eigenvalue weighted by molar-refractivity contribution is 6.31. The lowest BCUT2D eigenvalue weighted by Crippen LogP contribution is -2.06. The molecule has 136 valence electrons. The summed E-state index contributed by atoms with van der Waals surface area (Å²) in [5.41, 5.74) is 4.33. The highest BCUT2D eigenvalue weighted by Gasteiger charge is 2.28. The van der Waals surface area contributed by atoms with Crippen molar-refractivity contribution in [3.63, 3.8) is 0 Å². The minimum Gasteiger partial charge on any atom is -0.454 e. The number of hydrogen-bond acceptors (Lipinski definition) is 7. The van der Waals surface area contributed by atoms with Crippen LogP contribution in [0.15, 0.2) is 71.9 Å². The fourth-order valence-corrected chi connectivity index (χ4v) is 3.05. The van der Waals surface area contributed by atoms with Gasteiger partial charge in [-0.3, -0.25) is 0 Å². The molecule has 1 aromatic heterocycles. The van der Waals surface area contributed by atoms with E-state index < -0.39 is 5.97 Å². The van der Waals surface area contributed by atoms with Crippen molar-refractivity contribution in [1.82, 2.24) is 9.97 Å². The Hall–Kier alpha value is -4.00. The molecule has 0 spiro atoms. The minimum atomic E-state index is -0.492. The fraction of sp³-hybridized carbons (Fsp3) is 0.0476. The number of benzene rings is 2. The first-order chi connectivity index (χ1) is 13.8. The minimum absolute atomic E-state index is 0.183. The highest BCUT2D eigenvalue weighted by Crippen LogP contribution is 2.34. The normalized spacial score (nSPS) is 16.2. The zero-order chi connectivity index (χ0) is 18.9. The van der Waals surface area contributed by atoms with Crippen molar-refractivity contribution >= 4 is 17.8 Å². The molecule has 3 heterocycles. The molecule has 7 nitrogen and oxygen atoms in total. The lowest BCUT2D eigenvalue weighted by atomic mass is 9.99. The van der Waals surface area contributed by atoms with Crippen LogP contribution in [0.3, 0.4) is 0 Å². The second-order valence-electron chi connectivity index (χ2n) is 6.19. The second kappa shape index (κ2) is 6.62. The van der Waals surface area contributed by atoms with Gasteiger partial charge in [-0.05, 0) is 35.4 Å². The average molecular weight is 371 g/mol. The molecule has 0 aliphatic carbocycles. The fourth-order valence-electron chi connectivity index (χ4n) is 3.05. The van der Waals surface area contributed by atoms with E-state index in [2.05, 4.69) is 15.1 Å². The van der Waals surface area contributed by atoms with Gasteiger partial charge in [0.1, 0.15) is 12.0 Å². The summed E-state index contributed by atoms with van der Waals surface area (Å²) in [6.07, 6.45) is 6.74. The van der Waals surface area contributed by atoms with Crippen molar-refractivity contribution in [3.05, 3.63) is 77.9 Å². The largest absolute Gasteiger partial charge is 0.454 e. The van der Waals surface area contributed by atoms with Gasteiger partial charge in [-0.25, -0.2) is 14.8 Å². The van der Waals surface area contributed by atoms with E-state index in [0.717, 1.165) is 22.3 Å². The molecule has 0 N–H and O–H groups in total. The van der Waals surface area contributed by atoms with Gasteiger partial charge in [0.15, 0.2) is 11.5 Å². The third-order valence-electron chi connectivity index (χ3n) is 4.46. The summed E-state index contributed by atoms with van der Waals surface area (Å²) in [7, 11) is 0. The predicted octanol–water partition coefficient (Wildman–Crippen LogP) is 3.22. The summed E-state index contributed by atoms with van der Waals surface area (Å²) in [6, 6.07) is 13.1. The Morgan fingerprint density at radius 1 is 0.857 bits per heavy atom. The van der Waals surface area contributed by atoms with Gasteiger partial charge in [0.2, 0.25) is 6.79 Å². The van der Waals surface area contributed by atoms with Gasteiger partial charge in [-0.2, -0.15) is 0 Å². The Bertz CT molecular complexity index is 1120. The SMILES string of the molecule is O=C1ON=C(c2ccc3c(c2)OCO3)/C1=C/c1ccc(-c2cncnc2)cc1. The van der Waals surface area contributed by atoms with Crippen LogP contribution >= 0.6 is 0 Å². The van der Waals surface area contributed by atoms with Gasteiger partial charge in [-0.1, -0.05) is 29.4 Å². The van der Waals surface area contributed by atoms with Crippen molar-refractivity contribution in [2.24, 2.45) is 5.16 Å². The van der Waals surface area contributed by atoms with Gasteiger partial charge in [0.05, 0.1) is 5.57 Å². The van der Waals surface area contributed by atoms with Crippen LogP contribution in [0.4, 0.5) is 0 Å². The van der Waals surface area contributed by atoms with Crippen LogP contribution in [0.5, 0.6) is 11.5 Å². The second-order valence-corrected chi connectivity index (χ2v) is 6.19. The van der Waals surface area contributed by atoms with Gasteiger partial charge in [0.25, 0.3) is 0 Å². The summed E-state index contributed by atoms with van der Waals surface area (Å²) >= 11 is 0. The average Bonchev–Trinajstić information content (AvgIpc) is 3.35. The Kier molecular flexibility index (Phi) is 3.83. The molecule has 3 aromatic rings. The quantitative estimate of drug-likeness (QED) is 0.519. The zero-order valence-electron chi connectivity index (χ0n) is 14.5. The van der Waals surface area contributed by atoms with Crippen molar-refractivity contribution < 1.29 is 19.1 Å². The van der Waals surface area contributed by atoms with E-state index in [9.17, 15) is 4.79 Å². The smallest absolute Gasteiger partial charge is 0.368 e. The Balaban J connectivity index is 1.46. The van der Waals surface area contributed by atoms with Crippen LogP contribution in [0.2, 0.25) is 0 Å². The molecule has 2 aliphatic rings. The zero-order valence-corrected chi connectivity index (χ0v) is 14.5. The van der Waals surface area contributed by atoms with Gasteiger partial charge >= 0.3 is 5.97 Å². The highest BCUT2D eigenvalue weighted by atomic mass is 16.7. The number of carbonyl (C=O) groups excluding carboxylic acids is 1. The number of fused-ring (bicyclic) bond motifs is 1. The van der Waals surface area contributed by atoms with Crippen LogP contribution < -0.4 is 9.47 Å². The summed E-state index contributed by atoms with van der Waals surface area (Å²) < 4.78 is 10.7. The number of oxime groups is 1. The molecule has 0 amide bonds. The van der Waals surface area contributed by atoms with Crippen molar-refractivity contribution in [2.45, 2.75) is 0 Å². The Morgan fingerprint density at radius 3 is 2.43 bits per heavy atom. The molecule has 0 radical (unpaired) electrons. The van der Waals surface area contributed by atoms with E-state index in [1.54, 1.807) is 30.6 Å². The van der Waals surface area contributed by atoms with E-state index in [-0.39, 0.29) is 6.79 Å². The summed E-state index contributed by atoms with van der Waals surface area (Å²) in [5, 5.41) is 3.94. The van der Waals surface area contributed by atoms with Crippen LogP contribution in [-0.4, -0.2) is 28.4 Å². The van der Waals surface area contributed by atoms with E-state index in [0.29, 0.717) is 22.8 Å². The topological polar surface area (TPSA) is 82.9 Å². The maximum absolute atomic E-state index is 12.2. The van der Waals surface area contributed by atoms with Crippen molar-refractivity contribution in [1.29, 1.82) is 0 Å². The number of rotatable bonds is 3. The van der Waals surface area contributed by atoms with E-state index in [4.69, 9.17) is 14.3 Å². The lowest BCUT2D eigenvalue weighted by molar-refractivity contribution is -0.136. The van der Waals surface area contributed by atoms with E-state index >= 15 is 0 Å². The third kappa shape index (κ3) is 2.88. The summed E-state index contributed by atoms with van der Waals surface area (Å²) in [6.45, 7) is 0.183. The van der Waals surface area contributed by atoms with Crippen LogP contribution in [0.1, 0.15) is 11.1 Å². The molecule has 0 bridgehead atoms. The molecular weight excluding hydrogens is 358 g/mol. The number of hydrogen-bond donors (Lipinski definition) is 0. The monoisotopic (exact) mass is 371 g/mol. The van der Waals surface area contributed by atoms with E-state index in [1.165, 1.54) is 6.33 Å². The number of ether oxygens (including phenoxy) is 2. The molecule has 28 heavy (non-hydrogen) atoms. The molecule has 0 fully saturated rings. The summed E-state index contributed by atoms with van der Waals surface area (Å²) in [5.74, 6) is 0.794. The predicted molar refractivity (Wildman–Crippen MR) is 101 cm³/mol. The number of carbonyl (C=O) groups is 1. The van der Waals surface area contributed by atoms with E-state index in [1.807, 2.05) is 30.3 Å². The van der Waals surface area contributed by atoms with Crippen molar-refractivity contribution in [3.8, 4) is 22.6 Å². The molecule has 0 saturated carbocycles. The third-order valence-corrected chi connectivity index (χ3v) is 4.46. The van der Waals surface area contributed by atoms with Gasteiger partial charge in [-0.15, -0.1) is 0 Å². The number of nitrogens with zero attached hydrogens (tertiary/aromatic N) is 3. The standard InChI is InChI=1S/C21H13N3O4/c25-21-17(7-13-1-3-14(4-2-13)16-9-22-11-23-10-16)20(24-28-21)15-5-6-18-19(8-15)27-12-26-18/h1-11H,12H2/b17-7-. The first-order valence-corrected chi connectivity index (χ1v) is 8.55. The van der Waals surface area contributed by atoms with Crippen LogP contribution in [0.25, 0.3) is 17.2 Å². The first-order valence-electron chi connectivity index (χ1n) is 8.55. The van der Waals surface area contributed by atoms with Gasteiger partial charge < -0.3 is 14.3 Å². The maximum atomic E-state index is 12.2. The molecular formula is C21H13N3O4. The first kappa shape index (κ1) is 16.2. The van der Waals surface area contributed by atoms with Crippen LogP contribution in [0, 0.1) is 0 Å². The molecule has 0 unspecified atom stereocenters. The Labute approximate surface area is 159 Å². The number of aromatic nitrogens is 2. The van der Waals surface area contributed by atoms with Crippen LogP contribution in [-0.2, 0) is 9.63 Å².